The van der Waals surface area contributed by atoms with Crippen molar-refractivity contribution >= 4 is 22.6 Å². The van der Waals surface area contributed by atoms with E-state index in [9.17, 15) is 0 Å². The fourth-order valence-electron chi connectivity index (χ4n) is 2.87. The van der Waals surface area contributed by atoms with E-state index >= 15 is 0 Å². The number of hydrogen-bond donors (Lipinski definition) is 0. The average Bonchev–Trinajstić information content (AvgIpc) is 3.19. The van der Waals surface area contributed by atoms with Gasteiger partial charge in [-0.2, -0.15) is 0 Å². The van der Waals surface area contributed by atoms with Crippen LogP contribution in [0.2, 0.25) is 5.02 Å². The van der Waals surface area contributed by atoms with Gasteiger partial charge in [0.2, 0.25) is 0 Å². The van der Waals surface area contributed by atoms with Crippen LogP contribution in [0, 0.1) is 0 Å². The summed E-state index contributed by atoms with van der Waals surface area (Å²) in [4.78, 5) is 4.75. The van der Waals surface area contributed by atoms with Crippen molar-refractivity contribution in [2.75, 3.05) is 6.61 Å². The highest BCUT2D eigenvalue weighted by atomic mass is 35.5. The number of furan rings is 1. The number of hydrogen-bond acceptors (Lipinski definition) is 3. The van der Waals surface area contributed by atoms with Crippen LogP contribution in [0.5, 0.6) is 0 Å². The van der Waals surface area contributed by atoms with Gasteiger partial charge in [-0.25, -0.2) is 4.98 Å². The van der Waals surface area contributed by atoms with Crippen molar-refractivity contribution < 1.29 is 9.15 Å². The van der Waals surface area contributed by atoms with Crippen LogP contribution < -0.4 is 0 Å². The molecule has 1 aromatic carbocycles. The molecule has 1 aliphatic heterocycles. The summed E-state index contributed by atoms with van der Waals surface area (Å²) in [7, 11) is 0. The van der Waals surface area contributed by atoms with Crippen LogP contribution in [-0.4, -0.2) is 16.2 Å². The minimum Gasteiger partial charge on any atom is -0.467 e. The fraction of sp³-hybridized carbons (Fsp3) is 0.312. The zero-order chi connectivity index (χ0) is 14.2. The molecule has 0 N–H and O–H groups in total. The maximum Gasteiger partial charge on any atom is 0.139 e. The molecule has 108 valence electrons. The van der Waals surface area contributed by atoms with Gasteiger partial charge in [0.25, 0.3) is 0 Å². The Kier molecular flexibility index (Phi) is 3.20. The minimum atomic E-state index is 0.0612. The number of imidazole rings is 1. The van der Waals surface area contributed by atoms with Gasteiger partial charge in [0.05, 0.1) is 23.8 Å². The zero-order valence-corrected chi connectivity index (χ0v) is 12.2. The van der Waals surface area contributed by atoms with Gasteiger partial charge in [-0.05, 0) is 43.2 Å². The molecule has 1 fully saturated rings. The first-order valence-corrected chi connectivity index (χ1v) is 7.49. The Labute approximate surface area is 127 Å². The average molecular weight is 303 g/mol. The first kappa shape index (κ1) is 12.9. The van der Waals surface area contributed by atoms with E-state index in [1.54, 1.807) is 6.26 Å². The maximum absolute atomic E-state index is 6.08. The van der Waals surface area contributed by atoms with Gasteiger partial charge in [-0.1, -0.05) is 11.6 Å². The lowest BCUT2D eigenvalue weighted by Gasteiger charge is -2.12. The van der Waals surface area contributed by atoms with E-state index in [0.29, 0.717) is 11.6 Å². The van der Waals surface area contributed by atoms with E-state index in [0.717, 1.165) is 42.1 Å². The Bertz CT molecular complexity index is 758. The molecule has 3 aromatic rings. The highest BCUT2D eigenvalue weighted by molar-refractivity contribution is 6.31. The number of aromatic nitrogens is 2. The molecule has 21 heavy (non-hydrogen) atoms. The molecule has 4 rings (SSSR count). The summed E-state index contributed by atoms with van der Waals surface area (Å²) < 4.78 is 13.5. The Morgan fingerprint density at radius 2 is 2.29 bits per heavy atom. The molecule has 4 nitrogen and oxygen atoms in total. The normalized spacial score (nSPS) is 18.6. The van der Waals surface area contributed by atoms with E-state index in [4.69, 9.17) is 25.7 Å². The molecular formula is C16H15ClN2O2. The van der Waals surface area contributed by atoms with Crippen molar-refractivity contribution in [1.82, 2.24) is 9.55 Å². The third-order valence-corrected chi connectivity index (χ3v) is 4.09. The third-order valence-electron chi connectivity index (χ3n) is 3.85. The number of nitrogens with zero attached hydrogens (tertiary/aromatic N) is 2. The summed E-state index contributed by atoms with van der Waals surface area (Å²) in [5.41, 5.74) is 1.96. The zero-order valence-electron chi connectivity index (χ0n) is 11.5. The van der Waals surface area contributed by atoms with Crippen molar-refractivity contribution in [2.24, 2.45) is 0 Å². The van der Waals surface area contributed by atoms with Crippen LogP contribution in [0.4, 0.5) is 0 Å². The van der Waals surface area contributed by atoms with Gasteiger partial charge in [0.1, 0.15) is 17.7 Å². The molecule has 1 saturated heterocycles. The van der Waals surface area contributed by atoms with E-state index in [2.05, 4.69) is 4.57 Å². The van der Waals surface area contributed by atoms with Crippen LogP contribution in [0.3, 0.4) is 0 Å². The predicted molar refractivity (Wildman–Crippen MR) is 80.5 cm³/mol. The van der Waals surface area contributed by atoms with E-state index < -0.39 is 0 Å². The summed E-state index contributed by atoms with van der Waals surface area (Å²) in [6.45, 7) is 1.45. The van der Waals surface area contributed by atoms with Gasteiger partial charge in [0, 0.05) is 11.6 Å². The van der Waals surface area contributed by atoms with E-state index in [1.165, 1.54) is 0 Å². The van der Waals surface area contributed by atoms with Crippen molar-refractivity contribution in [3.63, 3.8) is 0 Å². The number of halogens is 1. The molecule has 0 aliphatic carbocycles. The van der Waals surface area contributed by atoms with Crippen LogP contribution in [0.1, 0.15) is 30.5 Å². The molecule has 0 bridgehead atoms. The second-order valence-electron chi connectivity index (χ2n) is 5.27. The number of fused-ring (bicyclic) bond motifs is 1. The number of ether oxygens (including phenoxy) is 1. The molecule has 0 radical (unpaired) electrons. The van der Waals surface area contributed by atoms with Gasteiger partial charge >= 0.3 is 0 Å². The molecule has 1 atom stereocenters. The third kappa shape index (κ3) is 2.34. The monoisotopic (exact) mass is 302 g/mol. The lowest BCUT2D eigenvalue weighted by Crippen LogP contribution is -2.09. The number of benzene rings is 1. The van der Waals surface area contributed by atoms with E-state index in [1.807, 2.05) is 30.3 Å². The first-order valence-electron chi connectivity index (χ1n) is 7.11. The highest BCUT2D eigenvalue weighted by Crippen LogP contribution is 2.32. The smallest absolute Gasteiger partial charge is 0.139 e. The van der Waals surface area contributed by atoms with Gasteiger partial charge in [0.15, 0.2) is 0 Å². The Balaban J connectivity index is 1.85. The molecule has 0 amide bonds. The molecule has 1 aliphatic rings. The Hall–Kier alpha value is -1.78. The molecule has 2 aromatic heterocycles. The van der Waals surface area contributed by atoms with E-state index in [-0.39, 0.29) is 6.10 Å². The van der Waals surface area contributed by atoms with Gasteiger partial charge in [-0.15, -0.1) is 0 Å². The van der Waals surface area contributed by atoms with Crippen molar-refractivity contribution in [3.8, 4) is 0 Å². The topological polar surface area (TPSA) is 40.2 Å². The first-order chi connectivity index (χ1) is 10.3. The quantitative estimate of drug-likeness (QED) is 0.728. The molecule has 1 unspecified atom stereocenters. The van der Waals surface area contributed by atoms with Crippen LogP contribution in [0.25, 0.3) is 11.0 Å². The van der Waals surface area contributed by atoms with Crippen molar-refractivity contribution in [3.05, 3.63) is 53.2 Å². The highest BCUT2D eigenvalue weighted by Gasteiger charge is 2.25. The molecule has 5 heteroatoms. The molecular weight excluding hydrogens is 288 g/mol. The molecule has 0 spiro atoms. The van der Waals surface area contributed by atoms with Crippen molar-refractivity contribution in [2.45, 2.75) is 25.5 Å². The molecule has 3 heterocycles. The van der Waals surface area contributed by atoms with Crippen LogP contribution in [-0.2, 0) is 11.3 Å². The van der Waals surface area contributed by atoms with Crippen LogP contribution in [0.15, 0.2) is 41.0 Å². The summed E-state index contributed by atoms with van der Waals surface area (Å²) in [5, 5.41) is 0.698. The largest absolute Gasteiger partial charge is 0.467 e. The maximum atomic E-state index is 6.08. The van der Waals surface area contributed by atoms with Gasteiger partial charge < -0.3 is 13.7 Å². The summed E-state index contributed by atoms with van der Waals surface area (Å²) in [5.74, 6) is 1.87. The lowest BCUT2D eigenvalue weighted by molar-refractivity contribution is 0.102. The second kappa shape index (κ2) is 5.20. The minimum absolute atomic E-state index is 0.0612. The molecule has 0 saturated carbocycles. The van der Waals surface area contributed by atoms with Gasteiger partial charge in [-0.3, -0.25) is 0 Å². The standard InChI is InChI=1S/C16H15ClN2O2/c17-11-5-6-14-13(9-11)18-16(15-4-2-8-21-15)19(14)10-12-3-1-7-20-12/h1,3,5-7,9,15H,2,4,8,10H2. The number of rotatable bonds is 3. The SMILES string of the molecule is Clc1ccc2c(c1)nc(C1CCCO1)n2Cc1ccco1. The van der Waals surface area contributed by atoms with Crippen molar-refractivity contribution in [1.29, 1.82) is 0 Å². The Morgan fingerprint density at radius 1 is 1.33 bits per heavy atom. The predicted octanol–water partition coefficient (Wildman–Crippen LogP) is 4.18. The Morgan fingerprint density at radius 3 is 3.05 bits per heavy atom. The fourth-order valence-corrected chi connectivity index (χ4v) is 3.04. The summed E-state index contributed by atoms with van der Waals surface area (Å²) >= 11 is 6.08. The van der Waals surface area contributed by atoms with Crippen LogP contribution >= 0.6 is 11.6 Å². The summed E-state index contributed by atoms with van der Waals surface area (Å²) in [6.07, 6.45) is 3.84. The lowest BCUT2D eigenvalue weighted by atomic mass is 10.2. The second-order valence-corrected chi connectivity index (χ2v) is 5.71. The summed E-state index contributed by atoms with van der Waals surface area (Å²) in [6, 6.07) is 9.67.